The van der Waals surface area contributed by atoms with Crippen LogP contribution in [0.25, 0.3) is 0 Å². The lowest BCUT2D eigenvalue weighted by Crippen LogP contribution is -2.36. The van der Waals surface area contributed by atoms with Gasteiger partial charge in [0.2, 0.25) is 11.8 Å². The topological polar surface area (TPSA) is 63.4 Å². The molecule has 0 aromatic heterocycles. The highest BCUT2D eigenvalue weighted by molar-refractivity contribution is 6.31. The molecule has 0 spiro atoms. The summed E-state index contributed by atoms with van der Waals surface area (Å²) in [4.78, 5) is 24.2. The number of benzene rings is 1. The Morgan fingerprint density at radius 3 is 2.72 bits per heavy atom. The maximum absolute atomic E-state index is 12.0. The molecule has 1 saturated carbocycles. The molecule has 0 radical (unpaired) electrons. The van der Waals surface area contributed by atoms with E-state index in [1.807, 2.05) is 24.3 Å². The van der Waals surface area contributed by atoms with Crippen LogP contribution < -0.4 is 5.73 Å². The molecule has 96 valence electrons. The van der Waals surface area contributed by atoms with E-state index in [0.29, 0.717) is 5.02 Å². The van der Waals surface area contributed by atoms with E-state index >= 15 is 0 Å². The van der Waals surface area contributed by atoms with E-state index in [2.05, 4.69) is 0 Å². The van der Waals surface area contributed by atoms with Crippen LogP contribution in [0.15, 0.2) is 24.3 Å². The zero-order chi connectivity index (χ0) is 13.3. The van der Waals surface area contributed by atoms with Gasteiger partial charge in [0.05, 0.1) is 6.54 Å². The number of nitrogens with two attached hydrogens (primary N) is 1. The summed E-state index contributed by atoms with van der Waals surface area (Å²) in [6.07, 6.45) is 0.783. The zero-order valence-corrected chi connectivity index (χ0v) is 10.9. The fourth-order valence-electron chi connectivity index (χ4n) is 2.18. The molecule has 1 aromatic rings. The first-order valence-corrected chi connectivity index (χ1v) is 6.16. The molecule has 2 rings (SSSR count). The molecule has 0 aliphatic heterocycles. The van der Waals surface area contributed by atoms with Crippen LogP contribution in [0, 0.1) is 5.92 Å². The molecule has 0 saturated heterocycles. The van der Waals surface area contributed by atoms with Gasteiger partial charge in [0, 0.05) is 18.0 Å². The first kappa shape index (κ1) is 12.9. The summed E-state index contributed by atoms with van der Waals surface area (Å²) in [5, 5.41) is 0.690. The number of hydrogen-bond acceptors (Lipinski definition) is 2. The quantitative estimate of drug-likeness (QED) is 0.895. The average Bonchev–Trinajstić information content (AvgIpc) is 3.07. The standard InChI is InChI=1S/C13H15ClN2O2/c1-16(7-12(15)17)13(18)10-6-9(10)8-4-2-3-5-11(8)14/h2-5,9-10H,6-7H2,1H3,(H2,15,17)/t9-,10-/m0/s1. The molecule has 2 amide bonds. The third-order valence-electron chi connectivity index (χ3n) is 3.18. The van der Waals surface area contributed by atoms with E-state index in [4.69, 9.17) is 17.3 Å². The molecule has 0 bridgehead atoms. The molecule has 0 unspecified atom stereocenters. The number of primary amides is 1. The number of hydrogen-bond donors (Lipinski definition) is 1. The van der Waals surface area contributed by atoms with E-state index in [1.54, 1.807) is 7.05 Å². The second kappa shape index (κ2) is 4.98. The number of carbonyl (C=O) groups excluding carboxylic acids is 2. The normalized spacial score (nSPS) is 21.4. The fraction of sp³-hybridized carbons (Fsp3) is 0.385. The Morgan fingerprint density at radius 1 is 1.44 bits per heavy atom. The molecule has 1 aliphatic carbocycles. The van der Waals surface area contributed by atoms with Gasteiger partial charge in [0.15, 0.2) is 0 Å². The van der Waals surface area contributed by atoms with Crippen molar-refractivity contribution in [2.24, 2.45) is 11.7 Å². The summed E-state index contributed by atoms with van der Waals surface area (Å²) < 4.78 is 0. The number of nitrogens with zero attached hydrogens (tertiary/aromatic N) is 1. The predicted octanol–water partition coefficient (Wildman–Crippen LogP) is 1.39. The third-order valence-corrected chi connectivity index (χ3v) is 3.53. The fourth-order valence-corrected chi connectivity index (χ4v) is 2.46. The van der Waals surface area contributed by atoms with Crippen LogP contribution >= 0.6 is 11.6 Å². The van der Waals surface area contributed by atoms with Gasteiger partial charge in [-0.2, -0.15) is 0 Å². The molecule has 1 fully saturated rings. The highest BCUT2D eigenvalue weighted by atomic mass is 35.5. The number of likely N-dealkylation sites (N-methyl/N-ethyl adjacent to an activating group) is 1. The van der Waals surface area contributed by atoms with Crippen molar-refractivity contribution in [1.29, 1.82) is 0 Å². The van der Waals surface area contributed by atoms with Gasteiger partial charge in [-0.05, 0) is 24.0 Å². The van der Waals surface area contributed by atoms with Crippen molar-refractivity contribution in [3.63, 3.8) is 0 Å². The van der Waals surface area contributed by atoms with E-state index in [-0.39, 0.29) is 24.3 Å². The second-order valence-electron chi connectivity index (χ2n) is 4.63. The molecule has 2 atom stereocenters. The molecule has 2 N–H and O–H groups in total. The summed E-state index contributed by atoms with van der Waals surface area (Å²) in [7, 11) is 1.59. The maximum Gasteiger partial charge on any atom is 0.237 e. The van der Waals surface area contributed by atoms with E-state index in [9.17, 15) is 9.59 Å². The largest absolute Gasteiger partial charge is 0.368 e. The lowest BCUT2D eigenvalue weighted by Gasteiger charge is -2.15. The molecular formula is C13H15ClN2O2. The Bertz CT molecular complexity index is 490. The Morgan fingerprint density at radius 2 is 2.11 bits per heavy atom. The van der Waals surface area contributed by atoms with E-state index in [0.717, 1.165) is 12.0 Å². The van der Waals surface area contributed by atoms with Crippen LogP contribution in [-0.4, -0.2) is 30.3 Å². The highest BCUT2D eigenvalue weighted by Crippen LogP contribution is 2.50. The smallest absolute Gasteiger partial charge is 0.237 e. The average molecular weight is 267 g/mol. The number of rotatable bonds is 4. The van der Waals surface area contributed by atoms with Crippen LogP contribution in [0.5, 0.6) is 0 Å². The Hall–Kier alpha value is -1.55. The van der Waals surface area contributed by atoms with Crippen LogP contribution in [0.1, 0.15) is 17.9 Å². The van der Waals surface area contributed by atoms with Crippen molar-refractivity contribution in [3.8, 4) is 0 Å². The minimum atomic E-state index is -0.499. The molecule has 5 heteroatoms. The van der Waals surface area contributed by atoms with Gasteiger partial charge >= 0.3 is 0 Å². The minimum Gasteiger partial charge on any atom is -0.368 e. The van der Waals surface area contributed by atoms with Crippen molar-refractivity contribution in [2.45, 2.75) is 12.3 Å². The van der Waals surface area contributed by atoms with Crippen molar-refractivity contribution in [3.05, 3.63) is 34.9 Å². The van der Waals surface area contributed by atoms with Crippen molar-refractivity contribution in [2.75, 3.05) is 13.6 Å². The zero-order valence-electron chi connectivity index (χ0n) is 10.1. The van der Waals surface area contributed by atoms with E-state index < -0.39 is 5.91 Å². The molecule has 4 nitrogen and oxygen atoms in total. The lowest BCUT2D eigenvalue weighted by atomic mass is 10.1. The monoisotopic (exact) mass is 266 g/mol. The maximum atomic E-state index is 12.0. The van der Waals surface area contributed by atoms with Crippen LogP contribution in [-0.2, 0) is 9.59 Å². The molecule has 0 heterocycles. The van der Waals surface area contributed by atoms with Crippen LogP contribution in [0.2, 0.25) is 5.02 Å². The number of halogens is 1. The Balaban J connectivity index is 2.01. The molecular weight excluding hydrogens is 252 g/mol. The van der Waals surface area contributed by atoms with Gasteiger partial charge in [-0.1, -0.05) is 29.8 Å². The van der Waals surface area contributed by atoms with Gasteiger partial charge in [0.25, 0.3) is 0 Å². The van der Waals surface area contributed by atoms with Crippen LogP contribution in [0.4, 0.5) is 0 Å². The van der Waals surface area contributed by atoms with Crippen LogP contribution in [0.3, 0.4) is 0 Å². The summed E-state index contributed by atoms with van der Waals surface area (Å²) in [6, 6.07) is 7.54. The lowest BCUT2D eigenvalue weighted by molar-refractivity contribution is -0.134. The second-order valence-corrected chi connectivity index (χ2v) is 5.04. The van der Waals surface area contributed by atoms with Crippen molar-refractivity contribution < 1.29 is 9.59 Å². The highest BCUT2D eigenvalue weighted by Gasteiger charge is 2.46. The van der Waals surface area contributed by atoms with Gasteiger partial charge in [-0.15, -0.1) is 0 Å². The first-order chi connectivity index (χ1) is 8.50. The number of amides is 2. The van der Waals surface area contributed by atoms with E-state index in [1.165, 1.54) is 4.90 Å². The summed E-state index contributed by atoms with van der Waals surface area (Å²) in [5.74, 6) is -0.449. The van der Waals surface area contributed by atoms with Crippen molar-refractivity contribution in [1.82, 2.24) is 4.90 Å². The SMILES string of the molecule is CN(CC(N)=O)C(=O)[C@H]1C[C@H]1c1ccccc1Cl. The first-order valence-electron chi connectivity index (χ1n) is 5.78. The summed E-state index contributed by atoms with van der Waals surface area (Å²) >= 11 is 6.09. The summed E-state index contributed by atoms with van der Waals surface area (Å²) in [5.41, 5.74) is 6.07. The van der Waals surface area contributed by atoms with Gasteiger partial charge < -0.3 is 10.6 Å². The Kier molecular flexibility index (Phi) is 3.57. The molecule has 18 heavy (non-hydrogen) atoms. The third kappa shape index (κ3) is 2.64. The van der Waals surface area contributed by atoms with Gasteiger partial charge in [-0.25, -0.2) is 0 Å². The minimum absolute atomic E-state index is 0.0371. The molecule has 1 aliphatic rings. The van der Waals surface area contributed by atoms with Crippen molar-refractivity contribution >= 4 is 23.4 Å². The number of carbonyl (C=O) groups is 2. The summed E-state index contributed by atoms with van der Waals surface area (Å²) in [6.45, 7) is -0.0371. The Labute approximate surface area is 111 Å². The predicted molar refractivity (Wildman–Crippen MR) is 69.1 cm³/mol. The van der Waals surface area contributed by atoms with Gasteiger partial charge in [-0.3, -0.25) is 9.59 Å². The van der Waals surface area contributed by atoms with Gasteiger partial charge in [0.1, 0.15) is 0 Å². The molecule has 1 aromatic carbocycles.